The summed E-state index contributed by atoms with van der Waals surface area (Å²) in [5.74, 6) is -0.574. The molecule has 1 aliphatic rings. The van der Waals surface area contributed by atoms with E-state index in [1.807, 2.05) is 48.5 Å². The molecule has 0 N–H and O–H groups in total. The third kappa shape index (κ3) is 4.08. The Balaban J connectivity index is 1.10. The number of fused-ring (bicyclic) bond motifs is 2. The normalized spacial score (nSPS) is 15.9. The second-order valence-electron chi connectivity index (χ2n) is 8.01. The highest BCUT2D eigenvalue weighted by Crippen LogP contribution is 2.13. The molecule has 4 aromatic rings. The molecule has 162 valence electrons. The fraction of sp³-hybridized carbons (Fsp3) is 0.391. The lowest BCUT2D eigenvalue weighted by molar-refractivity contribution is 0.126. The molecule has 1 fully saturated rings. The van der Waals surface area contributed by atoms with Crippen LogP contribution in [-0.4, -0.2) is 58.2 Å². The number of nitrogens with zero attached hydrogens (tertiary/aromatic N) is 4. The number of oxazole rings is 2. The molecule has 0 atom stereocenters. The van der Waals surface area contributed by atoms with Gasteiger partial charge < -0.3 is 13.7 Å². The number of para-hydroxylation sites is 4. The summed E-state index contributed by atoms with van der Waals surface area (Å²) >= 11 is 0. The number of benzene rings is 2. The fourth-order valence-electron chi connectivity index (χ4n) is 4.38. The molecular weight excluding hydrogens is 396 g/mol. The Bertz CT molecular complexity index is 1290. The highest BCUT2D eigenvalue weighted by molar-refractivity contribution is 5.73. The third-order valence-corrected chi connectivity index (χ3v) is 6.11. The van der Waals surface area contributed by atoms with Crippen molar-refractivity contribution in [2.24, 2.45) is 0 Å². The van der Waals surface area contributed by atoms with E-state index >= 15 is 0 Å². The first-order valence-corrected chi connectivity index (χ1v) is 10.8. The Morgan fingerprint density at radius 2 is 1.10 bits per heavy atom. The van der Waals surface area contributed by atoms with Crippen LogP contribution < -0.4 is 11.5 Å². The first-order valence-electron chi connectivity index (χ1n) is 10.8. The van der Waals surface area contributed by atoms with Crippen LogP contribution in [0.3, 0.4) is 0 Å². The monoisotopic (exact) mass is 422 g/mol. The van der Waals surface area contributed by atoms with E-state index in [1.165, 1.54) is 0 Å². The molecule has 0 amide bonds. The lowest BCUT2D eigenvalue weighted by Crippen LogP contribution is -2.47. The Kier molecular flexibility index (Phi) is 5.48. The van der Waals surface area contributed by atoms with Crippen LogP contribution >= 0.6 is 0 Å². The van der Waals surface area contributed by atoms with Crippen LogP contribution in [0, 0.1) is 0 Å². The van der Waals surface area contributed by atoms with Crippen LogP contribution in [-0.2, 0) is 13.1 Å². The van der Waals surface area contributed by atoms with Gasteiger partial charge in [0.25, 0.3) is 0 Å². The van der Waals surface area contributed by atoms with Crippen molar-refractivity contribution in [3.8, 4) is 0 Å². The zero-order valence-electron chi connectivity index (χ0n) is 17.4. The molecule has 0 unspecified atom stereocenters. The van der Waals surface area contributed by atoms with Gasteiger partial charge in [-0.15, -0.1) is 0 Å². The van der Waals surface area contributed by atoms with Crippen molar-refractivity contribution < 1.29 is 8.83 Å². The van der Waals surface area contributed by atoms with Gasteiger partial charge in [-0.25, -0.2) is 9.59 Å². The predicted octanol–water partition coefficient (Wildman–Crippen LogP) is 2.21. The Hall–Kier alpha value is -3.10. The summed E-state index contributed by atoms with van der Waals surface area (Å²) in [6.45, 7) is 6.99. The Morgan fingerprint density at radius 3 is 1.68 bits per heavy atom. The number of hydrogen-bond donors (Lipinski definition) is 0. The van der Waals surface area contributed by atoms with Gasteiger partial charge in [0, 0.05) is 45.8 Å². The summed E-state index contributed by atoms with van der Waals surface area (Å²) in [5.41, 5.74) is 3.00. The molecule has 31 heavy (non-hydrogen) atoms. The molecule has 0 spiro atoms. The molecule has 8 heteroatoms. The van der Waals surface area contributed by atoms with Gasteiger partial charge in [0.05, 0.1) is 11.0 Å². The van der Waals surface area contributed by atoms with Crippen LogP contribution in [0.5, 0.6) is 0 Å². The summed E-state index contributed by atoms with van der Waals surface area (Å²) in [6.07, 6.45) is 0.903. The van der Waals surface area contributed by atoms with E-state index in [1.54, 1.807) is 9.13 Å². The van der Waals surface area contributed by atoms with Gasteiger partial charge in [-0.05, 0) is 37.2 Å². The molecule has 8 nitrogen and oxygen atoms in total. The minimum Gasteiger partial charge on any atom is -0.408 e. The minimum absolute atomic E-state index is 0.284. The van der Waals surface area contributed by atoms with E-state index < -0.39 is 0 Å². The van der Waals surface area contributed by atoms with Crippen LogP contribution in [0.1, 0.15) is 6.42 Å². The van der Waals surface area contributed by atoms with Crippen molar-refractivity contribution in [2.75, 3.05) is 39.3 Å². The molecule has 1 aliphatic heterocycles. The van der Waals surface area contributed by atoms with Crippen molar-refractivity contribution in [1.82, 2.24) is 18.9 Å². The molecule has 2 aromatic heterocycles. The lowest BCUT2D eigenvalue weighted by atomic mass is 10.2. The maximum absolute atomic E-state index is 12.1. The topological polar surface area (TPSA) is 76.8 Å². The van der Waals surface area contributed by atoms with Gasteiger partial charge in [0.2, 0.25) is 0 Å². The van der Waals surface area contributed by atoms with Gasteiger partial charge in [-0.1, -0.05) is 24.3 Å². The number of aryl methyl sites for hydroxylation is 1. The molecule has 1 saturated heterocycles. The van der Waals surface area contributed by atoms with E-state index in [4.69, 9.17) is 8.83 Å². The van der Waals surface area contributed by atoms with E-state index in [0.717, 1.165) is 56.7 Å². The van der Waals surface area contributed by atoms with Crippen LogP contribution in [0.4, 0.5) is 0 Å². The fourth-order valence-corrected chi connectivity index (χ4v) is 4.38. The predicted molar refractivity (Wildman–Crippen MR) is 118 cm³/mol. The first kappa shape index (κ1) is 19.8. The average Bonchev–Trinajstić information content (AvgIpc) is 3.28. The molecule has 0 bridgehead atoms. The molecule has 0 aliphatic carbocycles. The number of piperazine rings is 1. The smallest absolute Gasteiger partial charge is 0.408 e. The van der Waals surface area contributed by atoms with E-state index in [2.05, 4.69) is 9.80 Å². The van der Waals surface area contributed by atoms with Crippen LogP contribution in [0.25, 0.3) is 22.2 Å². The zero-order chi connectivity index (χ0) is 21.2. The molecule has 2 aromatic carbocycles. The summed E-state index contributed by atoms with van der Waals surface area (Å²) in [5, 5.41) is 0. The van der Waals surface area contributed by atoms with Gasteiger partial charge in [-0.3, -0.25) is 14.0 Å². The lowest BCUT2D eigenvalue weighted by Gasteiger charge is -2.34. The first-order chi connectivity index (χ1) is 15.2. The quantitative estimate of drug-likeness (QED) is 0.455. The number of hydrogen-bond acceptors (Lipinski definition) is 6. The average molecular weight is 422 g/mol. The molecule has 5 rings (SSSR count). The van der Waals surface area contributed by atoms with Gasteiger partial charge >= 0.3 is 11.5 Å². The molecular formula is C23H26N4O4. The van der Waals surface area contributed by atoms with Crippen molar-refractivity contribution in [3.63, 3.8) is 0 Å². The van der Waals surface area contributed by atoms with Crippen molar-refractivity contribution in [2.45, 2.75) is 19.5 Å². The van der Waals surface area contributed by atoms with Crippen molar-refractivity contribution in [3.05, 3.63) is 69.6 Å². The summed E-state index contributed by atoms with van der Waals surface area (Å²) in [4.78, 5) is 29.0. The number of aromatic nitrogens is 2. The minimum atomic E-state index is -0.290. The summed E-state index contributed by atoms with van der Waals surface area (Å²) in [7, 11) is 0. The van der Waals surface area contributed by atoms with Crippen molar-refractivity contribution in [1.29, 1.82) is 0 Å². The third-order valence-electron chi connectivity index (χ3n) is 6.11. The Labute approximate surface area is 178 Å². The maximum Gasteiger partial charge on any atom is 0.419 e. The second kappa shape index (κ2) is 8.56. The largest absolute Gasteiger partial charge is 0.419 e. The maximum atomic E-state index is 12.1. The number of rotatable bonds is 7. The Morgan fingerprint density at radius 1 is 0.613 bits per heavy atom. The molecule has 0 radical (unpaired) electrons. The summed E-state index contributed by atoms with van der Waals surface area (Å²) < 4.78 is 14.1. The second-order valence-corrected chi connectivity index (χ2v) is 8.01. The van der Waals surface area contributed by atoms with E-state index in [0.29, 0.717) is 24.3 Å². The summed E-state index contributed by atoms with van der Waals surface area (Å²) in [6, 6.07) is 15.1. The molecule has 3 heterocycles. The van der Waals surface area contributed by atoms with Gasteiger partial charge in [-0.2, -0.15) is 0 Å². The van der Waals surface area contributed by atoms with Crippen LogP contribution in [0.15, 0.2) is 67.0 Å². The van der Waals surface area contributed by atoms with Gasteiger partial charge in [0.15, 0.2) is 11.2 Å². The molecule has 0 saturated carbocycles. The highest BCUT2D eigenvalue weighted by atomic mass is 16.4. The van der Waals surface area contributed by atoms with E-state index in [-0.39, 0.29) is 11.5 Å². The van der Waals surface area contributed by atoms with Gasteiger partial charge in [0.1, 0.15) is 0 Å². The standard InChI is InChI=1S/C23H26N4O4/c28-22-26(18-6-1-3-8-20(18)30-22)11-5-10-24-12-14-25(15-13-24)16-17-27-19-7-2-4-9-21(19)31-23(27)29/h1-4,6-9H,5,10-17H2. The van der Waals surface area contributed by atoms with E-state index in [9.17, 15) is 9.59 Å². The highest BCUT2D eigenvalue weighted by Gasteiger charge is 2.18. The van der Waals surface area contributed by atoms with Crippen molar-refractivity contribution >= 4 is 22.2 Å². The van der Waals surface area contributed by atoms with Crippen LogP contribution in [0.2, 0.25) is 0 Å². The SMILES string of the molecule is O=c1oc2ccccc2n1CCCN1CCN(CCn2c(=O)oc3ccccc32)CC1. The zero-order valence-corrected chi connectivity index (χ0v) is 17.4.